The Morgan fingerprint density at radius 3 is 2.48 bits per heavy atom. The van der Waals surface area contributed by atoms with E-state index in [1.807, 2.05) is 36.7 Å². The molecule has 3 heterocycles. The zero-order valence-corrected chi connectivity index (χ0v) is 17.5. The minimum absolute atomic E-state index is 0.137. The number of aromatic nitrogens is 1. The third kappa shape index (κ3) is 5.08. The van der Waals surface area contributed by atoms with Gasteiger partial charge in [0, 0.05) is 37.7 Å². The number of rotatable bonds is 6. The number of thiophene rings is 1. The highest BCUT2D eigenvalue weighted by atomic mass is 35.5. The number of nitrogens with one attached hydrogen (secondary N) is 2. The predicted octanol–water partition coefficient (Wildman–Crippen LogP) is 5.38. The van der Waals surface area contributed by atoms with Crippen LogP contribution in [0, 0.1) is 5.92 Å². The molecule has 1 saturated heterocycles. The Morgan fingerprint density at radius 2 is 1.79 bits per heavy atom. The van der Waals surface area contributed by atoms with Crippen molar-refractivity contribution in [2.45, 2.75) is 12.8 Å². The van der Waals surface area contributed by atoms with Crippen molar-refractivity contribution in [2.75, 3.05) is 35.2 Å². The summed E-state index contributed by atoms with van der Waals surface area (Å²) in [5.41, 5.74) is 2.98. The molecular formula is C22H23ClN4OS. The number of carbonyl (C=O) groups is 1. The molecule has 0 bridgehead atoms. The van der Waals surface area contributed by atoms with E-state index in [4.69, 9.17) is 11.6 Å². The lowest BCUT2D eigenvalue weighted by atomic mass is 9.96. The maximum atomic E-state index is 12.5. The first kappa shape index (κ1) is 19.7. The Hall–Kier alpha value is -2.57. The Balaban J connectivity index is 1.32. The van der Waals surface area contributed by atoms with Gasteiger partial charge in [0.05, 0.1) is 20.6 Å². The van der Waals surface area contributed by atoms with Crippen molar-refractivity contribution in [3.05, 3.63) is 70.1 Å². The maximum Gasteiger partial charge on any atom is 0.265 e. The van der Waals surface area contributed by atoms with Crippen molar-refractivity contribution < 1.29 is 4.79 Å². The van der Waals surface area contributed by atoms with Crippen LogP contribution in [0.1, 0.15) is 22.5 Å². The van der Waals surface area contributed by atoms with E-state index in [2.05, 4.69) is 32.7 Å². The Kier molecular flexibility index (Phi) is 6.32. The van der Waals surface area contributed by atoms with Crippen LogP contribution in [0.2, 0.25) is 4.34 Å². The molecule has 1 aliphatic heterocycles. The van der Waals surface area contributed by atoms with Gasteiger partial charge in [-0.2, -0.15) is 0 Å². The van der Waals surface area contributed by atoms with Gasteiger partial charge in [-0.25, -0.2) is 0 Å². The van der Waals surface area contributed by atoms with E-state index in [1.165, 1.54) is 17.0 Å². The van der Waals surface area contributed by atoms with Gasteiger partial charge in [0.15, 0.2) is 0 Å². The second kappa shape index (κ2) is 9.29. The quantitative estimate of drug-likeness (QED) is 0.555. The molecule has 1 amide bonds. The summed E-state index contributed by atoms with van der Waals surface area (Å²) in [4.78, 5) is 19.6. The SMILES string of the molecule is O=C(Nc1ccccc1NCC1CCN(c2ccncc2)CC1)c1ccc(Cl)s1. The maximum absolute atomic E-state index is 12.5. The summed E-state index contributed by atoms with van der Waals surface area (Å²) < 4.78 is 0.611. The summed E-state index contributed by atoms with van der Waals surface area (Å²) in [6.07, 6.45) is 5.96. The number of carbonyl (C=O) groups excluding carboxylic acids is 1. The Morgan fingerprint density at radius 1 is 1.07 bits per heavy atom. The second-order valence-corrected chi connectivity index (χ2v) is 8.84. The molecule has 1 aromatic carbocycles. The van der Waals surface area contributed by atoms with E-state index in [1.54, 1.807) is 12.1 Å². The average molecular weight is 427 g/mol. The van der Waals surface area contributed by atoms with E-state index >= 15 is 0 Å². The van der Waals surface area contributed by atoms with Crippen LogP contribution < -0.4 is 15.5 Å². The zero-order valence-electron chi connectivity index (χ0n) is 16.0. The van der Waals surface area contributed by atoms with Gasteiger partial charge in [-0.1, -0.05) is 23.7 Å². The van der Waals surface area contributed by atoms with Crippen LogP contribution in [-0.4, -0.2) is 30.5 Å². The summed E-state index contributed by atoms with van der Waals surface area (Å²) in [6, 6.07) is 15.4. The fraction of sp³-hybridized carbons (Fsp3) is 0.273. The van der Waals surface area contributed by atoms with Crippen LogP contribution in [-0.2, 0) is 0 Å². The van der Waals surface area contributed by atoms with Gasteiger partial charge in [-0.05, 0) is 55.2 Å². The molecule has 7 heteroatoms. The average Bonchev–Trinajstić information content (AvgIpc) is 3.21. The fourth-order valence-electron chi connectivity index (χ4n) is 3.57. The molecule has 0 saturated carbocycles. The lowest BCUT2D eigenvalue weighted by Crippen LogP contribution is -2.35. The second-order valence-electron chi connectivity index (χ2n) is 7.12. The van der Waals surface area contributed by atoms with Crippen molar-refractivity contribution in [1.82, 2.24) is 4.98 Å². The van der Waals surface area contributed by atoms with Crippen LogP contribution in [0.4, 0.5) is 17.1 Å². The van der Waals surface area contributed by atoms with Crippen molar-refractivity contribution in [3.63, 3.8) is 0 Å². The third-order valence-corrected chi connectivity index (χ3v) is 6.43. The molecule has 2 N–H and O–H groups in total. The predicted molar refractivity (Wildman–Crippen MR) is 121 cm³/mol. The summed E-state index contributed by atoms with van der Waals surface area (Å²) in [5.74, 6) is 0.467. The molecule has 4 rings (SSSR count). The van der Waals surface area contributed by atoms with Crippen LogP contribution in [0.25, 0.3) is 0 Å². The minimum Gasteiger partial charge on any atom is -0.383 e. The summed E-state index contributed by atoms with van der Waals surface area (Å²) in [7, 11) is 0. The van der Waals surface area contributed by atoms with Crippen LogP contribution >= 0.6 is 22.9 Å². The lowest BCUT2D eigenvalue weighted by Gasteiger charge is -2.33. The van der Waals surface area contributed by atoms with Gasteiger partial charge < -0.3 is 15.5 Å². The number of anilines is 3. The summed E-state index contributed by atoms with van der Waals surface area (Å²) in [5, 5.41) is 6.53. The number of piperidine rings is 1. The van der Waals surface area contributed by atoms with Crippen molar-refractivity contribution in [2.24, 2.45) is 5.92 Å². The molecule has 0 unspecified atom stereocenters. The highest BCUT2D eigenvalue weighted by Crippen LogP contribution is 2.27. The van der Waals surface area contributed by atoms with E-state index in [0.29, 0.717) is 15.1 Å². The zero-order chi connectivity index (χ0) is 20.1. The minimum atomic E-state index is -0.137. The number of pyridine rings is 1. The van der Waals surface area contributed by atoms with Gasteiger partial charge in [0.25, 0.3) is 5.91 Å². The number of benzene rings is 1. The first-order chi connectivity index (χ1) is 14.2. The standard InChI is InChI=1S/C22H23ClN4OS/c23-21-6-5-20(29-21)22(28)26-19-4-2-1-3-18(19)25-15-16-9-13-27(14-10-16)17-7-11-24-12-8-17/h1-8,11-12,16,25H,9-10,13-15H2,(H,26,28). The van der Waals surface area contributed by atoms with E-state index in [0.717, 1.165) is 43.9 Å². The molecule has 0 radical (unpaired) electrons. The normalized spacial score (nSPS) is 14.6. The van der Waals surface area contributed by atoms with Gasteiger partial charge >= 0.3 is 0 Å². The van der Waals surface area contributed by atoms with Crippen molar-refractivity contribution in [1.29, 1.82) is 0 Å². The highest BCUT2D eigenvalue weighted by molar-refractivity contribution is 7.18. The van der Waals surface area contributed by atoms with Gasteiger partial charge in [0.1, 0.15) is 0 Å². The largest absolute Gasteiger partial charge is 0.383 e. The molecule has 1 aliphatic rings. The first-order valence-corrected chi connectivity index (χ1v) is 10.9. The lowest BCUT2D eigenvalue weighted by molar-refractivity contribution is 0.103. The fourth-order valence-corrected chi connectivity index (χ4v) is 4.51. The van der Waals surface area contributed by atoms with Gasteiger partial charge in [0.2, 0.25) is 0 Å². The van der Waals surface area contributed by atoms with Crippen molar-refractivity contribution >= 4 is 45.9 Å². The molecule has 150 valence electrons. The highest BCUT2D eigenvalue weighted by Gasteiger charge is 2.20. The molecule has 0 atom stereocenters. The molecule has 5 nitrogen and oxygen atoms in total. The summed E-state index contributed by atoms with van der Waals surface area (Å²) in [6.45, 7) is 2.99. The van der Waals surface area contributed by atoms with E-state index in [9.17, 15) is 4.79 Å². The Labute approximate surface area is 179 Å². The number of halogens is 1. The van der Waals surface area contributed by atoms with Crippen LogP contribution in [0.3, 0.4) is 0 Å². The van der Waals surface area contributed by atoms with Gasteiger partial charge in [-0.3, -0.25) is 9.78 Å². The van der Waals surface area contributed by atoms with E-state index < -0.39 is 0 Å². The molecule has 3 aromatic rings. The van der Waals surface area contributed by atoms with Crippen LogP contribution in [0.15, 0.2) is 60.9 Å². The monoisotopic (exact) mass is 426 g/mol. The molecule has 0 aliphatic carbocycles. The van der Waals surface area contributed by atoms with Crippen LogP contribution in [0.5, 0.6) is 0 Å². The summed E-state index contributed by atoms with van der Waals surface area (Å²) >= 11 is 7.22. The molecular weight excluding hydrogens is 404 g/mol. The van der Waals surface area contributed by atoms with E-state index in [-0.39, 0.29) is 5.91 Å². The molecule has 2 aromatic heterocycles. The third-order valence-electron chi connectivity index (χ3n) is 5.20. The first-order valence-electron chi connectivity index (χ1n) is 9.73. The number of hydrogen-bond donors (Lipinski definition) is 2. The number of nitrogens with zero attached hydrogens (tertiary/aromatic N) is 2. The smallest absolute Gasteiger partial charge is 0.265 e. The molecule has 0 spiro atoms. The number of amides is 1. The van der Waals surface area contributed by atoms with Gasteiger partial charge in [-0.15, -0.1) is 11.3 Å². The number of hydrogen-bond acceptors (Lipinski definition) is 5. The number of para-hydroxylation sites is 2. The van der Waals surface area contributed by atoms with Crippen molar-refractivity contribution in [3.8, 4) is 0 Å². The topological polar surface area (TPSA) is 57.3 Å². The molecule has 29 heavy (non-hydrogen) atoms. The Bertz CT molecular complexity index is 954. The molecule has 1 fully saturated rings.